The molecule has 0 heterocycles. The Hall–Kier alpha value is -1.72. The van der Waals surface area contributed by atoms with Gasteiger partial charge in [0.1, 0.15) is 0 Å². The first-order valence-corrected chi connectivity index (χ1v) is 5.49. The van der Waals surface area contributed by atoms with E-state index in [1.165, 1.54) is 0 Å². The lowest BCUT2D eigenvalue weighted by Gasteiger charge is -2.08. The fourth-order valence-electron chi connectivity index (χ4n) is 1.31. The molecule has 0 bridgehead atoms. The lowest BCUT2D eigenvalue weighted by Crippen LogP contribution is -2.23. The molecule has 0 radical (unpaired) electrons. The summed E-state index contributed by atoms with van der Waals surface area (Å²) in [6.07, 6.45) is -5.17. The Morgan fingerprint density at radius 2 is 1.94 bits per heavy atom. The first kappa shape index (κ1) is 14.3. The first-order chi connectivity index (χ1) is 8.28. The van der Waals surface area contributed by atoms with Crippen molar-refractivity contribution in [3.05, 3.63) is 29.3 Å². The van der Waals surface area contributed by atoms with Gasteiger partial charge in [-0.15, -0.1) is 0 Å². The minimum Gasteiger partial charge on any atom is -0.370 e. The molecule has 100 valence electrons. The summed E-state index contributed by atoms with van der Waals surface area (Å²) in [5, 5.41) is 2.76. The van der Waals surface area contributed by atoms with Crippen LogP contribution in [0.15, 0.2) is 23.2 Å². The standard InChI is InChI=1S/C12H16F3N3/c1-8-3-4-10(7-9(8)2)18-11(16)17-6-5-12(13,14)15/h3-4,7H,5-6H2,1-2H3,(H3,16,17,18). The van der Waals surface area contributed by atoms with Crippen LogP contribution in [0.2, 0.25) is 0 Å². The molecule has 0 unspecified atom stereocenters. The zero-order valence-corrected chi connectivity index (χ0v) is 10.3. The highest BCUT2D eigenvalue weighted by Gasteiger charge is 2.26. The molecule has 0 spiro atoms. The van der Waals surface area contributed by atoms with Gasteiger partial charge in [0, 0.05) is 5.69 Å². The van der Waals surface area contributed by atoms with E-state index < -0.39 is 12.6 Å². The Kier molecular flexibility index (Phi) is 4.58. The van der Waals surface area contributed by atoms with E-state index in [0.29, 0.717) is 5.69 Å². The number of guanidine groups is 1. The number of nitrogens with zero attached hydrogens (tertiary/aromatic N) is 1. The SMILES string of the molecule is Cc1ccc(NC(N)=NCCC(F)(F)F)cc1C. The van der Waals surface area contributed by atoms with Crippen LogP contribution in [0.25, 0.3) is 0 Å². The predicted molar refractivity (Wildman–Crippen MR) is 66.7 cm³/mol. The molecule has 0 saturated heterocycles. The van der Waals surface area contributed by atoms with Crippen LogP contribution in [0.3, 0.4) is 0 Å². The molecule has 0 aliphatic carbocycles. The Balaban J connectivity index is 2.56. The van der Waals surface area contributed by atoms with Crippen molar-refractivity contribution in [2.45, 2.75) is 26.4 Å². The van der Waals surface area contributed by atoms with Gasteiger partial charge in [-0.25, -0.2) is 0 Å². The number of alkyl halides is 3. The number of aryl methyl sites for hydroxylation is 2. The third kappa shape index (κ3) is 5.07. The molecule has 3 N–H and O–H groups in total. The van der Waals surface area contributed by atoms with Crippen molar-refractivity contribution in [3.8, 4) is 0 Å². The molecule has 0 saturated carbocycles. The third-order valence-corrected chi connectivity index (χ3v) is 2.46. The number of aliphatic imine (C=N–C) groups is 1. The number of hydrogen-bond donors (Lipinski definition) is 2. The summed E-state index contributed by atoms with van der Waals surface area (Å²) in [6.45, 7) is 3.55. The van der Waals surface area contributed by atoms with Crippen LogP contribution in [-0.2, 0) is 0 Å². The van der Waals surface area contributed by atoms with Gasteiger partial charge in [0.15, 0.2) is 5.96 Å². The summed E-state index contributed by atoms with van der Waals surface area (Å²) in [4.78, 5) is 3.62. The summed E-state index contributed by atoms with van der Waals surface area (Å²) >= 11 is 0. The zero-order chi connectivity index (χ0) is 13.8. The van der Waals surface area contributed by atoms with Crippen LogP contribution in [0, 0.1) is 13.8 Å². The van der Waals surface area contributed by atoms with E-state index in [1.807, 2.05) is 26.0 Å². The fourth-order valence-corrected chi connectivity index (χ4v) is 1.31. The summed E-state index contributed by atoms with van der Waals surface area (Å²) in [7, 11) is 0. The van der Waals surface area contributed by atoms with E-state index in [0.717, 1.165) is 11.1 Å². The van der Waals surface area contributed by atoms with Gasteiger partial charge in [0.05, 0.1) is 13.0 Å². The van der Waals surface area contributed by atoms with Gasteiger partial charge in [-0.1, -0.05) is 6.07 Å². The number of benzene rings is 1. The van der Waals surface area contributed by atoms with Gasteiger partial charge in [-0.05, 0) is 37.1 Å². The molecular weight excluding hydrogens is 243 g/mol. The van der Waals surface area contributed by atoms with Gasteiger partial charge in [0.25, 0.3) is 0 Å². The lowest BCUT2D eigenvalue weighted by molar-refractivity contribution is -0.132. The summed E-state index contributed by atoms with van der Waals surface area (Å²) in [6, 6.07) is 5.57. The highest BCUT2D eigenvalue weighted by molar-refractivity contribution is 5.92. The predicted octanol–water partition coefficient (Wildman–Crippen LogP) is 2.98. The molecule has 0 aliphatic heterocycles. The number of halogens is 3. The second-order valence-electron chi connectivity index (χ2n) is 4.06. The minimum absolute atomic E-state index is 0.0116. The zero-order valence-electron chi connectivity index (χ0n) is 10.3. The largest absolute Gasteiger partial charge is 0.390 e. The van der Waals surface area contributed by atoms with Crippen LogP contribution in [0.4, 0.5) is 18.9 Å². The molecule has 6 heteroatoms. The van der Waals surface area contributed by atoms with E-state index >= 15 is 0 Å². The van der Waals surface area contributed by atoms with Crippen LogP contribution in [0.1, 0.15) is 17.5 Å². The molecule has 1 aromatic rings. The van der Waals surface area contributed by atoms with Gasteiger partial charge in [0.2, 0.25) is 0 Å². The number of nitrogens with one attached hydrogen (secondary N) is 1. The van der Waals surface area contributed by atoms with Gasteiger partial charge in [-0.2, -0.15) is 13.2 Å². The topological polar surface area (TPSA) is 50.4 Å². The summed E-state index contributed by atoms with van der Waals surface area (Å²) < 4.78 is 35.7. The Morgan fingerprint density at radius 1 is 1.28 bits per heavy atom. The maximum Gasteiger partial charge on any atom is 0.390 e. The number of hydrogen-bond acceptors (Lipinski definition) is 1. The number of nitrogens with two attached hydrogens (primary N) is 1. The Bertz CT molecular complexity index is 439. The molecular formula is C12H16F3N3. The molecule has 0 atom stereocenters. The monoisotopic (exact) mass is 259 g/mol. The van der Waals surface area contributed by atoms with Gasteiger partial charge in [-0.3, -0.25) is 4.99 Å². The second-order valence-corrected chi connectivity index (χ2v) is 4.06. The molecule has 0 fully saturated rings. The minimum atomic E-state index is -4.20. The van der Waals surface area contributed by atoms with E-state index in [2.05, 4.69) is 10.3 Å². The van der Waals surface area contributed by atoms with Crippen molar-refractivity contribution in [3.63, 3.8) is 0 Å². The fraction of sp³-hybridized carbons (Fsp3) is 0.417. The van der Waals surface area contributed by atoms with E-state index in [1.54, 1.807) is 6.07 Å². The van der Waals surface area contributed by atoms with Crippen molar-refractivity contribution in [2.75, 3.05) is 11.9 Å². The van der Waals surface area contributed by atoms with E-state index in [-0.39, 0.29) is 12.5 Å². The molecule has 0 aliphatic rings. The van der Waals surface area contributed by atoms with Crippen LogP contribution >= 0.6 is 0 Å². The molecule has 3 nitrogen and oxygen atoms in total. The van der Waals surface area contributed by atoms with Crippen molar-refractivity contribution in [1.29, 1.82) is 0 Å². The van der Waals surface area contributed by atoms with Crippen LogP contribution in [0.5, 0.6) is 0 Å². The van der Waals surface area contributed by atoms with Gasteiger partial charge >= 0.3 is 6.18 Å². The average Bonchev–Trinajstić information content (AvgIpc) is 2.21. The summed E-state index contributed by atoms with van der Waals surface area (Å²) in [5.41, 5.74) is 8.41. The second kappa shape index (κ2) is 5.75. The van der Waals surface area contributed by atoms with Crippen molar-refractivity contribution >= 4 is 11.6 Å². The highest BCUT2D eigenvalue weighted by atomic mass is 19.4. The molecule has 18 heavy (non-hydrogen) atoms. The van der Waals surface area contributed by atoms with Crippen LogP contribution in [-0.4, -0.2) is 18.7 Å². The molecule has 1 aromatic carbocycles. The average molecular weight is 259 g/mol. The molecule has 1 rings (SSSR count). The van der Waals surface area contributed by atoms with Gasteiger partial charge < -0.3 is 11.1 Å². The molecule has 0 aromatic heterocycles. The van der Waals surface area contributed by atoms with E-state index in [4.69, 9.17) is 5.73 Å². The Morgan fingerprint density at radius 3 is 2.50 bits per heavy atom. The van der Waals surface area contributed by atoms with Crippen molar-refractivity contribution in [1.82, 2.24) is 0 Å². The van der Waals surface area contributed by atoms with E-state index in [9.17, 15) is 13.2 Å². The molecule has 0 amide bonds. The first-order valence-electron chi connectivity index (χ1n) is 5.49. The quantitative estimate of drug-likeness (QED) is 0.647. The maximum absolute atomic E-state index is 11.9. The maximum atomic E-state index is 11.9. The Labute approximate surface area is 104 Å². The number of anilines is 1. The highest BCUT2D eigenvalue weighted by Crippen LogP contribution is 2.19. The van der Waals surface area contributed by atoms with Crippen molar-refractivity contribution in [2.24, 2.45) is 10.7 Å². The number of rotatable bonds is 3. The van der Waals surface area contributed by atoms with Crippen molar-refractivity contribution < 1.29 is 13.2 Å². The lowest BCUT2D eigenvalue weighted by atomic mass is 10.1. The summed E-state index contributed by atoms with van der Waals surface area (Å²) in [5.74, 6) is -0.0116. The third-order valence-electron chi connectivity index (χ3n) is 2.46. The normalized spacial score (nSPS) is 12.6. The smallest absolute Gasteiger partial charge is 0.370 e. The van der Waals surface area contributed by atoms with Crippen LogP contribution < -0.4 is 11.1 Å².